The van der Waals surface area contributed by atoms with Gasteiger partial charge in [-0.15, -0.1) is 0 Å². The van der Waals surface area contributed by atoms with Crippen molar-refractivity contribution in [2.45, 2.75) is 0 Å². The summed E-state index contributed by atoms with van der Waals surface area (Å²) in [5.41, 5.74) is 9.83. The highest BCUT2D eigenvalue weighted by Crippen LogP contribution is 2.44. The molecule has 0 amide bonds. The predicted molar refractivity (Wildman–Crippen MR) is 220 cm³/mol. The average Bonchev–Trinajstić information content (AvgIpc) is 3.62. The molecule has 9 aromatic carbocycles. The van der Waals surface area contributed by atoms with Gasteiger partial charge in [-0.2, -0.15) is 0 Å². The fraction of sp³-hybridized carbons (Fsp3) is 0. The van der Waals surface area contributed by atoms with Gasteiger partial charge in [0.1, 0.15) is 11.3 Å². The molecule has 52 heavy (non-hydrogen) atoms. The molecule has 0 saturated carbocycles. The third-order valence-corrected chi connectivity index (χ3v) is 10.3. The molecule has 0 unspecified atom stereocenters. The lowest BCUT2D eigenvalue weighted by molar-refractivity contribution is 0.632. The Hall–Kier alpha value is -6.90. The lowest BCUT2D eigenvalue weighted by Crippen LogP contribution is -2.10. The molecule has 0 fully saturated rings. The Morgan fingerprint density at radius 3 is 1.31 bits per heavy atom. The first-order valence-electron chi connectivity index (χ1n) is 17.8. The molecule has 1 aromatic heterocycles. The van der Waals surface area contributed by atoms with Gasteiger partial charge in [-0.05, 0) is 104 Å². The van der Waals surface area contributed by atoms with Crippen LogP contribution in [-0.4, -0.2) is 0 Å². The van der Waals surface area contributed by atoms with Crippen molar-refractivity contribution in [1.29, 1.82) is 0 Å². The average molecular weight is 664 g/mol. The Morgan fingerprint density at radius 1 is 0.288 bits per heavy atom. The molecule has 0 saturated heterocycles. The van der Waals surface area contributed by atoms with Gasteiger partial charge in [-0.1, -0.05) is 146 Å². The van der Waals surface area contributed by atoms with Gasteiger partial charge in [0.25, 0.3) is 0 Å². The van der Waals surface area contributed by atoms with Crippen molar-refractivity contribution in [3.63, 3.8) is 0 Å². The van der Waals surface area contributed by atoms with Crippen LogP contribution in [0.2, 0.25) is 0 Å². The van der Waals surface area contributed by atoms with Gasteiger partial charge >= 0.3 is 0 Å². The number of rotatable bonds is 6. The number of hydrogen-bond acceptors (Lipinski definition) is 2. The van der Waals surface area contributed by atoms with E-state index in [-0.39, 0.29) is 0 Å². The largest absolute Gasteiger partial charge is 0.455 e. The standard InChI is InChI=1S/C50H33NO/c1-3-13-34(14-4-1)35-23-27-38(28-24-35)51(40-31-32-45-43-19-8-7-17-41(43)42-18-9-10-20-44(42)47(45)33-40)39-29-25-37(26-30-39)50-49(36-15-5-2-6-16-36)46-21-11-12-22-48(46)52-50/h1-33H. The van der Waals surface area contributed by atoms with Gasteiger partial charge in [0.15, 0.2) is 0 Å². The smallest absolute Gasteiger partial charge is 0.143 e. The minimum atomic E-state index is 0.877. The second kappa shape index (κ2) is 12.5. The summed E-state index contributed by atoms with van der Waals surface area (Å²) in [6, 6.07) is 71.5. The molecular weight excluding hydrogens is 631 g/mol. The van der Waals surface area contributed by atoms with E-state index in [2.05, 4.69) is 193 Å². The molecular formula is C50H33NO. The summed E-state index contributed by atoms with van der Waals surface area (Å²) in [6.45, 7) is 0. The van der Waals surface area contributed by atoms with E-state index in [1.54, 1.807) is 0 Å². The topological polar surface area (TPSA) is 16.4 Å². The van der Waals surface area contributed by atoms with Crippen molar-refractivity contribution in [2.75, 3.05) is 4.90 Å². The first-order valence-corrected chi connectivity index (χ1v) is 17.8. The lowest BCUT2D eigenvalue weighted by Gasteiger charge is -2.26. The third kappa shape index (κ3) is 5.04. The van der Waals surface area contributed by atoms with E-state index in [1.165, 1.54) is 43.4 Å². The summed E-state index contributed by atoms with van der Waals surface area (Å²) >= 11 is 0. The fourth-order valence-corrected chi connectivity index (χ4v) is 7.82. The molecule has 2 heteroatoms. The van der Waals surface area contributed by atoms with Crippen molar-refractivity contribution >= 4 is 60.3 Å². The maximum Gasteiger partial charge on any atom is 0.143 e. The highest BCUT2D eigenvalue weighted by Gasteiger charge is 2.20. The number of furan rings is 1. The van der Waals surface area contributed by atoms with Gasteiger partial charge in [0.2, 0.25) is 0 Å². The van der Waals surface area contributed by atoms with Crippen molar-refractivity contribution in [1.82, 2.24) is 0 Å². The van der Waals surface area contributed by atoms with Gasteiger partial charge in [0.05, 0.1) is 0 Å². The summed E-state index contributed by atoms with van der Waals surface area (Å²) in [5.74, 6) is 0.877. The van der Waals surface area contributed by atoms with Gasteiger partial charge in [-0.25, -0.2) is 0 Å². The number of para-hydroxylation sites is 1. The van der Waals surface area contributed by atoms with Gasteiger partial charge in [0, 0.05) is 33.6 Å². The zero-order valence-electron chi connectivity index (χ0n) is 28.4. The summed E-state index contributed by atoms with van der Waals surface area (Å²) in [6.07, 6.45) is 0. The number of benzene rings is 9. The zero-order valence-corrected chi connectivity index (χ0v) is 28.4. The second-order valence-corrected chi connectivity index (χ2v) is 13.3. The maximum atomic E-state index is 6.58. The summed E-state index contributed by atoms with van der Waals surface area (Å²) in [7, 11) is 0. The Morgan fingerprint density at radius 2 is 0.712 bits per heavy atom. The van der Waals surface area contributed by atoms with Gasteiger partial charge < -0.3 is 9.32 Å². The van der Waals surface area contributed by atoms with Crippen molar-refractivity contribution < 1.29 is 4.42 Å². The molecule has 0 bridgehead atoms. The molecule has 244 valence electrons. The summed E-state index contributed by atoms with van der Waals surface area (Å²) in [5, 5.41) is 8.68. The number of anilines is 3. The summed E-state index contributed by atoms with van der Waals surface area (Å²) in [4.78, 5) is 2.36. The second-order valence-electron chi connectivity index (χ2n) is 13.3. The van der Waals surface area contributed by atoms with Crippen LogP contribution in [0.3, 0.4) is 0 Å². The van der Waals surface area contributed by atoms with Crippen LogP contribution < -0.4 is 4.90 Å². The third-order valence-electron chi connectivity index (χ3n) is 10.3. The van der Waals surface area contributed by atoms with Gasteiger partial charge in [-0.3, -0.25) is 0 Å². The molecule has 0 aliphatic heterocycles. The first-order chi connectivity index (χ1) is 25.8. The highest BCUT2D eigenvalue weighted by molar-refractivity contribution is 6.25. The van der Waals surface area contributed by atoms with Crippen molar-refractivity contribution in [3.8, 4) is 33.6 Å². The SMILES string of the molecule is c1ccc(-c2ccc(N(c3ccc(-c4oc5ccccc5c4-c4ccccc4)cc3)c3ccc4c5ccccc5c5ccccc5c4c3)cc2)cc1. The van der Waals surface area contributed by atoms with E-state index in [9.17, 15) is 0 Å². The molecule has 0 radical (unpaired) electrons. The van der Waals surface area contributed by atoms with E-state index in [0.29, 0.717) is 0 Å². The van der Waals surface area contributed by atoms with Crippen LogP contribution in [0.1, 0.15) is 0 Å². The highest BCUT2D eigenvalue weighted by atomic mass is 16.3. The van der Waals surface area contributed by atoms with Crippen LogP contribution in [0, 0.1) is 0 Å². The molecule has 10 aromatic rings. The van der Waals surface area contributed by atoms with Crippen LogP contribution in [-0.2, 0) is 0 Å². The number of hydrogen-bond donors (Lipinski definition) is 0. The van der Waals surface area contributed by atoms with Crippen LogP contribution in [0.5, 0.6) is 0 Å². The molecule has 0 atom stereocenters. The van der Waals surface area contributed by atoms with Crippen molar-refractivity contribution in [2.24, 2.45) is 0 Å². The minimum absolute atomic E-state index is 0.877. The Kier molecular flexibility index (Phi) is 7.18. The molecule has 0 aliphatic carbocycles. The molecule has 1 heterocycles. The molecule has 10 rings (SSSR count). The monoisotopic (exact) mass is 663 g/mol. The predicted octanol–water partition coefficient (Wildman–Crippen LogP) is 14.4. The van der Waals surface area contributed by atoms with E-state index >= 15 is 0 Å². The lowest BCUT2D eigenvalue weighted by atomic mass is 9.94. The molecule has 0 spiro atoms. The van der Waals surface area contributed by atoms with E-state index < -0.39 is 0 Å². The van der Waals surface area contributed by atoms with E-state index in [0.717, 1.165) is 50.5 Å². The first kappa shape index (κ1) is 30.0. The van der Waals surface area contributed by atoms with E-state index in [4.69, 9.17) is 4.42 Å². The Bertz CT molecular complexity index is 2840. The maximum absolute atomic E-state index is 6.58. The van der Waals surface area contributed by atoms with Crippen LogP contribution in [0.4, 0.5) is 17.1 Å². The molecule has 0 aliphatic rings. The normalized spacial score (nSPS) is 11.5. The van der Waals surface area contributed by atoms with Crippen LogP contribution in [0.25, 0.3) is 76.9 Å². The Labute approximate surface area is 302 Å². The quantitative estimate of drug-likeness (QED) is 0.165. The Balaban J connectivity index is 1.14. The van der Waals surface area contributed by atoms with Crippen LogP contribution in [0.15, 0.2) is 205 Å². The zero-order chi connectivity index (χ0) is 34.4. The van der Waals surface area contributed by atoms with Crippen molar-refractivity contribution in [3.05, 3.63) is 200 Å². The number of fused-ring (bicyclic) bond motifs is 7. The molecule has 0 N–H and O–H groups in total. The fourth-order valence-electron chi connectivity index (χ4n) is 7.82. The molecule has 2 nitrogen and oxygen atoms in total. The van der Waals surface area contributed by atoms with Crippen LogP contribution >= 0.6 is 0 Å². The number of nitrogens with zero attached hydrogens (tertiary/aromatic N) is 1. The summed E-state index contributed by atoms with van der Waals surface area (Å²) < 4.78 is 6.58. The minimum Gasteiger partial charge on any atom is -0.455 e. The van der Waals surface area contributed by atoms with E-state index in [1.807, 2.05) is 12.1 Å².